The SMILES string of the molecule is Cc1ccc2ccc(C)c(S(=O)(=O)N(Cc3ccc(-c4cccc(C(C)(C)C(=O)O)c4)cc3)Cc3ccc(C(F)(F)F)o3)c2c1. The monoisotopic (exact) mass is 635 g/mol. The number of aliphatic carboxylic acids is 1. The van der Waals surface area contributed by atoms with Crippen LogP contribution >= 0.6 is 0 Å². The molecule has 0 atom stereocenters. The molecule has 0 aliphatic heterocycles. The fraction of sp³-hybridized carbons (Fsp3) is 0.229. The van der Waals surface area contributed by atoms with E-state index in [0.29, 0.717) is 22.1 Å². The van der Waals surface area contributed by atoms with Gasteiger partial charge in [-0.15, -0.1) is 0 Å². The number of carboxylic acid groups (broad SMARTS) is 1. The number of hydrogen-bond donors (Lipinski definition) is 1. The van der Waals surface area contributed by atoms with Crippen LogP contribution in [0.15, 0.2) is 100 Å². The minimum atomic E-state index is -4.71. The molecule has 0 saturated carbocycles. The Hall–Kier alpha value is -4.41. The molecular weight excluding hydrogens is 603 g/mol. The summed E-state index contributed by atoms with van der Waals surface area (Å²) in [6.45, 7) is 6.24. The maximum Gasteiger partial charge on any atom is 0.449 e. The molecule has 1 aromatic heterocycles. The Kier molecular flexibility index (Phi) is 8.41. The first-order valence-electron chi connectivity index (χ1n) is 14.2. The molecule has 10 heteroatoms. The summed E-state index contributed by atoms with van der Waals surface area (Å²) in [6.07, 6.45) is -4.71. The summed E-state index contributed by atoms with van der Waals surface area (Å²) in [6, 6.07) is 25.3. The van der Waals surface area contributed by atoms with Gasteiger partial charge in [0.2, 0.25) is 15.8 Å². The van der Waals surface area contributed by atoms with E-state index in [4.69, 9.17) is 4.42 Å². The molecule has 0 radical (unpaired) electrons. The predicted octanol–water partition coefficient (Wildman–Crippen LogP) is 8.49. The van der Waals surface area contributed by atoms with E-state index in [1.54, 1.807) is 75.4 Å². The molecule has 1 N–H and O–H groups in total. The van der Waals surface area contributed by atoms with E-state index in [1.807, 2.05) is 31.2 Å². The third kappa shape index (κ3) is 6.53. The maximum atomic E-state index is 14.4. The van der Waals surface area contributed by atoms with E-state index >= 15 is 0 Å². The first-order valence-corrected chi connectivity index (χ1v) is 15.6. The average Bonchev–Trinajstić information content (AvgIpc) is 3.46. The number of furan rings is 1. The largest absolute Gasteiger partial charge is 0.481 e. The molecule has 0 bridgehead atoms. The quantitative estimate of drug-likeness (QED) is 0.176. The highest BCUT2D eigenvalue weighted by molar-refractivity contribution is 7.89. The molecule has 0 aliphatic carbocycles. The summed E-state index contributed by atoms with van der Waals surface area (Å²) in [4.78, 5) is 11.9. The van der Waals surface area contributed by atoms with Crippen molar-refractivity contribution < 1.29 is 35.9 Å². The fourth-order valence-electron chi connectivity index (χ4n) is 5.22. The van der Waals surface area contributed by atoms with Crippen LogP contribution in [0.3, 0.4) is 0 Å². The van der Waals surface area contributed by atoms with Crippen LogP contribution in [0, 0.1) is 13.8 Å². The van der Waals surface area contributed by atoms with Gasteiger partial charge in [-0.2, -0.15) is 17.5 Å². The first kappa shape index (κ1) is 32.0. The molecule has 0 amide bonds. The van der Waals surface area contributed by atoms with Crippen LogP contribution < -0.4 is 0 Å². The van der Waals surface area contributed by atoms with Crippen molar-refractivity contribution in [3.8, 4) is 11.1 Å². The zero-order valence-corrected chi connectivity index (χ0v) is 26.0. The summed E-state index contributed by atoms with van der Waals surface area (Å²) in [7, 11) is -4.25. The van der Waals surface area contributed by atoms with E-state index in [9.17, 15) is 31.5 Å². The molecule has 6 nitrogen and oxygen atoms in total. The molecule has 45 heavy (non-hydrogen) atoms. The lowest BCUT2D eigenvalue weighted by Gasteiger charge is -2.24. The number of carboxylic acids is 1. The normalized spacial score (nSPS) is 12.6. The molecule has 0 unspecified atom stereocenters. The highest BCUT2D eigenvalue weighted by atomic mass is 32.2. The number of rotatable bonds is 9. The second-order valence-electron chi connectivity index (χ2n) is 11.7. The number of benzene rings is 4. The Bertz CT molecular complexity index is 1990. The van der Waals surface area contributed by atoms with Gasteiger partial charge in [0.1, 0.15) is 5.76 Å². The Balaban J connectivity index is 1.54. The molecular formula is C35H32F3NO5S. The number of alkyl halides is 3. The third-order valence-corrected chi connectivity index (χ3v) is 9.96. The highest BCUT2D eigenvalue weighted by Crippen LogP contribution is 2.35. The maximum absolute atomic E-state index is 14.4. The molecule has 234 valence electrons. The van der Waals surface area contributed by atoms with Gasteiger partial charge in [-0.1, -0.05) is 84.4 Å². The van der Waals surface area contributed by atoms with Crippen molar-refractivity contribution in [2.24, 2.45) is 0 Å². The van der Waals surface area contributed by atoms with Gasteiger partial charge in [0.25, 0.3) is 0 Å². The number of carbonyl (C=O) groups is 1. The van der Waals surface area contributed by atoms with Crippen LogP contribution in [0.5, 0.6) is 0 Å². The Morgan fingerprint density at radius 3 is 2.18 bits per heavy atom. The lowest BCUT2D eigenvalue weighted by Crippen LogP contribution is -2.31. The van der Waals surface area contributed by atoms with Crippen molar-refractivity contribution in [3.05, 3.63) is 125 Å². The van der Waals surface area contributed by atoms with Crippen molar-refractivity contribution in [2.75, 3.05) is 0 Å². The summed E-state index contributed by atoms with van der Waals surface area (Å²) in [5.41, 5.74) is 3.08. The predicted molar refractivity (Wildman–Crippen MR) is 166 cm³/mol. The minimum Gasteiger partial charge on any atom is -0.481 e. The van der Waals surface area contributed by atoms with Gasteiger partial charge < -0.3 is 9.52 Å². The zero-order valence-electron chi connectivity index (χ0n) is 25.1. The first-order chi connectivity index (χ1) is 21.1. The standard InChI is InChI=1S/C35H32F3NO5S/c1-22-8-12-26-13-9-23(2)32(30(26)18-22)45(42,43)39(21-29-16-17-31(44-29)35(36,37)38)20-24-10-14-25(15-11-24)27-6-5-7-28(19-27)34(3,4)33(40)41/h5-19H,20-21H2,1-4H3,(H,40,41). The van der Waals surface area contributed by atoms with Gasteiger partial charge in [0.05, 0.1) is 16.9 Å². The number of halogens is 3. The molecule has 5 rings (SSSR count). The van der Waals surface area contributed by atoms with Gasteiger partial charge in [0, 0.05) is 11.9 Å². The topological polar surface area (TPSA) is 87.8 Å². The number of sulfonamides is 1. The summed E-state index contributed by atoms with van der Waals surface area (Å²) in [5, 5.41) is 10.9. The fourth-order valence-corrected chi connectivity index (χ4v) is 7.02. The van der Waals surface area contributed by atoms with Crippen LogP contribution in [-0.2, 0) is 39.5 Å². The summed E-state index contributed by atoms with van der Waals surface area (Å²) >= 11 is 0. The second-order valence-corrected chi connectivity index (χ2v) is 13.6. The number of aryl methyl sites for hydroxylation is 2. The van der Waals surface area contributed by atoms with Crippen LogP contribution in [-0.4, -0.2) is 23.8 Å². The summed E-state index contributed by atoms with van der Waals surface area (Å²) in [5.74, 6) is -2.30. The van der Waals surface area contributed by atoms with E-state index in [-0.39, 0.29) is 17.2 Å². The van der Waals surface area contributed by atoms with Gasteiger partial charge in [0.15, 0.2) is 0 Å². The Labute approximate surface area is 259 Å². The number of hydrogen-bond acceptors (Lipinski definition) is 4. The summed E-state index contributed by atoms with van der Waals surface area (Å²) < 4.78 is 74.8. The van der Waals surface area contributed by atoms with Crippen LogP contribution in [0.2, 0.25) is 0 Å². The van der Waals surface area contributed by atoms with Crippen molar-refractivity contribution in [1.29, 1.82) is 0 Å². The van der Waals surface area contributed by atoms with Crippen LogP contribution in [0.1, 0.15) is 47.6 Å². The molecule has 0 saturated heterocycles. The van der Waals surface area contributed by atoms with E-state index in [1.165, 1.54) is 0 Å². The van der Waals surface area contributed by atoms with Gasteiger partial charge >= 0.3 is 12.1 Å². The van der Waals surface area contributed by atoms with Crippen LogP contribution in [0.4, 0.5) is 13.2 Å². The van der Waals surface area contributed by atoms with E-state index < -0.39 is 39.9 Å². The van der Waals surface area contributed by atoms with Gasteiger partial charge in [-0.25, -0.2) is 8.42 Å². The number of fused-ring (bicyclic) bond motifs is 1. The minimum absolute atomic E-state index is 0.0841. The van der Waals surface area contributed by atoms with Crippen molar-refractivity contribution in [1.82, 2.24) is 4.31 Å². The van der Waals surface area contributed by atoms with Crippen molar-refractivity contribution in [3.63, 3.8) is 0 Å². The second kappa shape index (κ2) is 11.8. The molecule has 4 aromatic carbocycles. The van der Waals surface area contributed by atoms with E-state index in [2.05, 4.69) is 0 Å². The molecule has 0 fully saturated rings. The molecule has 0 aliphatic rings. The van der Waals surface area contributed by atoms with Crippen molar-refractivity contribution in [2.45, 2.75) is 57.3 Å². The lowest BCUT2D eigenvalue weighted by atomic mass is 9.83. The third-order valence-electron chi connectivity index (χ3n) is 7.96. The zero-order chi connectivity index (χ0) is 32.7. The lowest BCUT2D eigenvalue weighted by molar-refractivity contribution is -0.153. The van der Waals surface area contributed by atoms with Crippen LogP contribution in [0.25, 0.3) is 21.9 Å². The van der Waals surface area contributed by atoms with E-state index in [0.717, 1.165) is 38.5 Å². The van der Waals surface area contributed by atoms with Gasteiger partial charge in [-0.05, 0) is 73.0 Å². The smallest absolute Gasteiger partial charge is 0.449 e. The highest BCUT2D eigenvalue weighted by Gasteiger charge is 2.36. The molecule has 1 heterocycles. The molecule has 0 spiro atoms. The van der Waals surface area contributed by atoms with Crippen molar-refractivity contribution >= 4 is 26.8 Å². The Morgan fingerprint density at radius 2 is 1.53 bits per heavy atom. The Morgan fingerprint density at radius 1 is 0.844 bits per heavy atom. The number of nitrogens with zero attached hydrogens (tertiary/aromatic N) is 1. The molecule has 5 aromatic rings. The van der Waals surface area contributed by atoms with Gasteiger partial charge in [-0.3, -0.25) is 4.79 Å². The average molecular weight is 636 g/mol.